The van der Waals surface area contributed by atoms with Crippen LogP contribution in [-0.4, -0.2) is 24.7 Å². The zero-order chi connectivity index (χ0) is 14.8. The van der Waals surface area contributed by atoms with Gasteiger partial charge in [-0.3, -0.25) is 4.79 Å². The second-order valence-corrected chi connectivity index (χ2v) is 7.49. The molecule has 4 nitrogen and oxygen atoms in total. The largest absolute Gasteiger partial charge is 0.481 e. The van der Waals surface area contributed by atoms with Crippen molar-refractivity contribution in [2.24, 2.45) is 5.92 Å². The van der Waals surface area contributed by atoms with Gasteiger partial charge in [-0.05, 0) is 26.3 Å². The predicted molar refractivity (Wildman–Crippen MR) is 74.8 cm³/mol. The highest BCUT2D eigenvalue weighted by Gasteiger charge is 2.31. The van der Waals surface area contributed by atoms with E-state index in [1.54, 1.807) is 0 Å². The second-order valence-electron chi connectivity index (χ2n) is 5.14. The molecule has 0 saturated heterocycles. The number of aryl methyl sites for hydroxylation is 2. The maximum absolute atomic E-state index is 12.2. The first kappa shape index (κ1) is 15.7. The molecule has 106 valence electrons. The van der Waals surface area contributed by atoms with Crippen LogP contribution in [0.5, 0.6) is 0 Å². The van der Waals surface area contributed by atoms with Gasteiger partial charge in [-0.25, -0.2) is 8.42 Å². The molecule has 0 amide bonds. The third-order valence-corrected chi connectivity index (χ3v) is 5.59. The topological polar surface area (TPSA) is 71.4 Å². The maximum Gasteiger partial charge on any atom is 0.307 e. The average molecular weight is 284 g/mol. The molecule has 0 fully saturated rings. The van der Waals surface area contributed by atoms with Crippen molar-refractivity contribution in [2.75, 3.05) is 0 Å². The van der Waals surface area contributed by atoms with Crippen molar-refractivity contribution < 1.29 is 18.3 Å². The smallest absolute Gasteiger partial charge is 0.307 e. The van der Waals surface area contributed by atoms with Crippen LogP contribution in [0.15, 0.2) is 18.2 Å². The van der Waals surface area contributed by atoms with Crippen molar-refractivity contribution in [2.45, 2.75) is 38.7 Å². The Kier molecular flexibility index (Phi) is 4.74. The summed E-state index contributed by atoms with van der Waals surface area (Å²) in [7, 11) is -3.47. The lowest BCUT2D eigenvalue weighted by Gasteiger charge is -2.17. The van der Waals surface area contributed by atoms with Crippen LogP contribution >= 0.6 is 0 Å². The lowest BCUT2D eigenvalue weighted by atomic mass is 10.1. The summed E-state index contributed by atoms with van der Waals surface area (Å²) in [6, 6.07) is 5.62. The molecule has 2 atom stereocenters. The molecule has 0 aromatic heterocycles. The molecule has 1 rings (SSSR count). The minimum Gasteiger partial charge on any atom is -0.481 e. The van der Waals surface area contributed by atoms with Gasteiger partial charge in [0.15, 0.2) is 9.84 Å². The Bertz CT molecular complexity index is 555. The van der Waals surface area contributed by atoms with Crippen LogP contribution in [0.25, 0.3) is 0 Å². The first-order chi connectivity index (χ1) is 8.63. The number of carbonyl (C=O) groups is 1. The van der Waals surface area contributed by atoms with Gasteiger partial charge in [0.1, 0.15) is 0 Å². The second kappa shape index (κ2) is 5.74. The Balaban J connectivity index is 2.99. The molecule has 0 spiro atoms. The summed E-state index contributed by atoms with van der Waals surface area (Å²) in [5.74, 6) is -2.11. The third kappa shape index (κ3) is 4.06. The summed E-state index contributed by atoms with van der Waals surface area (Å²) < 4.78 is 24.4. The fraction of sp³-hybridized carbons (Fsp3) is 0.500. The van der Waals surface area contributed by atoms with Crippen LogP contribution in [0.3, 0.4) is 0 Å². The van der Waals surface area contributed by atoms with Crippen molar-refractivity contribution in [3.05, 3.63) is 34.9 Å². The first-order valence-electron chi connectivity index (χ1n) is 6.15. The maximum atomic E-state index is 12.2. The fourth-order valence-electron chi connectivity index (χ4n) is 2.03. The number of benzene rings is 1. The predicted octanol–water partition coefficient (Wildman–Crippen LogP) is 2.33. The summed E-state index contributed by atoms with van der Waals surface area (Å²) in [5, 5.41) is 8.01. The molecule has 0 heterocycles. The number of rotatable bonds is 5. The van der Waals surface area contributed by atoms with Crippen LogP contribution in [0.4, 0.5) is 0 Å². The van der Waals surface area contributed by atoms with E-state index in [1.165, 1.54) is 13.8 Å². The summed E-state index contributed by atoms with van der Waals surface area (Å²) >= 11 is 0. The van der Waals surface area contributed by atoms with Crippen molar-refractivity contribution in [1.82, 2.24) is 0 Å². The molecule has 1 aromatic carbocycles. The van der Waals surface area contributed by atoms with Crippen molar-refractivity contribution >= 4 is 15.8 Å². The van der Waals surface area contributed by atoms with E-state index in [2.05, 4.69) is 0 Å². The van der Waals surface area contributed by atoms with E-state index < -0.39 is 27.0 Å². The van der Waals surface area contributed by atoms with Crippen molar-refractivity contribution in [1.29, 1.82) is 0 Å². The Labute approximate surface area is 114 Å². The normalized spacial score (nSPS) is 14.9. The summed E-state index contributed by atoms with van der Waals surface area (Å²) in [6.07, 6.45) is 0. The van der Waals surface area contributed by atoms with E-state index in [9.17, 15) is 13.2 Å². The monoisotopic (exact) mass is 284 g/mol. The number of carboxylic acid groups (broad SMARTS) is 1. The molecule has 1 N–H and O–H groups in total. The summed E-state index contributed by atoms with van der Waals surface area (Å²) in [6.45, 7) is 6.70. The van der Waals surface area contributed by atoms with Crippen LogP contribution < -0.4 is 0 Å². The molecule has 19 heavy (non-hydrogen) atoms. The molecule has 2 unspecified atom stereocenters. The number of carboxylic acids is 1. The summed E-state index contributed by atoms with van der Waals surface area (Å²) in [5.41, 5.74) is 2.72. The standard InChI is InChI=1S/C14H20O4S/c1-9-5-10(2)7-13(6-9)8-19(17,18)12(4)11(3)14(15)16/h5-7,11-12H,8H2,1-4H3,(H,15,16). The SMILES string of the molecule is Cc1cc(C)cc(CS(=O)(=O)C(C)C(C)C(=O)O)c1. The lowest BCUT2D eigenvalue weighted by Crippen LogP contribution is -2.31. The van der Waals surface area contributed by atoms with Gasteiger partial charge in [0.05, 0.1) is 16.9 Å². The minimum atomic E-state index is -3.47. The molecule has 5 heteroatoms. The van der Waals surface area contributed by atoms with Crippen LogP contribution in [0.2, 0.25) is 0 Å². The van der Waals surface area contributed by atoms with E-state index in [4.69, 9.17) is 5.11 Å². The highest BCUT2D eigenvalue weighted by atomic mass is 32.2. The van der Waals surface area contributed by atoms with Gasteiger partial charge in [0, 0.05) is 0 Å². The van der Waals surface area contributed by atoms with Crippen molar-refractivity contribution in [3.8, 4) is 0 Å². The van der Waals surface area contributed by atoms with Gasteiger partial charge in [-0.15, -0.1) is 0 Å². The van der Waals surface area contributed by atoms with Gasteiger partial charge in [-0.2, -0.15) is 0 Å². The van der Waals surface area contributed by atoms with E-state index in [0.29, 0.717) is 5.56 Å². The molecule has 0 saturated carbocycles. The van der Waals surface area contributed by atoms with Gasteiger partial charge < -0.3 is 5.11 Å². The highest BCUT2D eigenvalue weighted by molar-refractivity contribution is 7.91. The quantitative estimate of drug-likeness (QED) is 0.900. The van der Waals surface area contributed by atoms with E-state index in [-0.39, 0.29) is 5.75 Å². The zero-order valence-electron chi connectivity index (χ0n) is 11.7. The van der Waals surface area contributed by atoms with Crippen molar-refractivity contribution in [3.63, 3.8) is 0 Å². The average Bonchev–Trinajstić information content (AvgIpc) is 2.24. The first-order valence-corrected chi connectivity index (χ1v) is 7.86. The Morgan fingerprint density at radius 1 is 1.16 bits per heavy atom. The fourth-order valence-corrected chi connectivity index (χ4v) is 3.66. The van der Waals surface area contributed by atoms with Crippen LogP contribution in [0.1, 0.15) is 30.5 Å². The molecule has 0 bridgehead atoms. The van der Waals surface area contributed by atoms with Crippen LogP contribution in [-0.2, 0) is 20.4 Å². The molecular weight excluding hydrogens is 264 g/mol. The molecular formula is C14H20O4S. The van der Waals surface area contributed by atoms with Gasteiger partial charge in [0.2, 0.25) is 0 Å². The van der Waals surface area contributed by atoms with Crippen LogP contribution in [0, 0.1) is 19.8 Å². The van der Waals surface area contributed by atoms with Gasteiger partial charge >= 0.3 is 5.97 Å². The zero-order valence-corrected chi connectivity index (χ0v) is 12.5. The van der Waals surface area contributed by atoms with E-state index in [0.717, 1.165) is 11.1 Å². The number of sulfone groups is 1. The number of aliphatic carboxylic acids is 1. The molecule has 0 aliphatic heterocycles. The van der Waals surface area contributed by atoms with Gasteiger partial charge in [-0.1, -0.05) is 36.2 Å². The van der Waals surface area contributed by atoms with E-state index in [1.807, 2.05) is 32.0 Å². The number of hydrogen-bond acceptors (Lipinski definition) is 3. The van der Waals surface area contributed by atoms with E-state index >= 15 is 0 Å². The third-order valence-electron chi connectivity index (χ3n) is 3.31. The molecule has 0 radical (unpaired) electrons. The van der Waals surface area contributed by atoms with Gasteiger partial charge in [0.25, 0.3) is 0 Å². The molecule has 1 aromatic rings. The highest BCUT2D eigenvalue weighted by Crippen LogP contribution is 2.19. The Morgan fingerprint density at radius 3 is 2.05 bits per heavy atom. The summed E-state index contributed by atoms with van der Waals surface area (Å²) in [4.78, 5) is 10.9. The minimum absolute atomic E-state index is 0.117. The Morgan fingerprint density at radius 2 is 1.63 bits per heavy atom. The molecule has 0 aliphatic carbocycles. The number of hydrogen-bond donors (Lipinski definition) is 1. The Hall–Kier alpha value is -1.36. The molecule has 0 aliphatic rings. The lowest BCUT2D eigenvalue weighted by molar-refractivity contribution is -0.141.